The highest BCUT2D eigenvalue weighted by atomic mass is 16.6. The molecule has 1 fully saturated rings. The first-order valence-electron chi connectivity index (χ1n) is 6.63. The molecule has 3 nitrogen and oxygen atoms in total. The molecule has 0 N–H and O–H groups in total. The van der Waals surface area contributed by atoms with Crippen molar-refractivity contribution in [3.8, 4) is 0 Å². The van der Waals surface area contributed by atoms with Crippen molar-refractivity contribution >= 4 is 5.97 Å². The fourth-order valence-corrected chi connectivity index (χ4v) is 2.72. The lowest BCUT2D eigenvalue weighted by molar-refractivity contribution is -0.176. The molecule has 1 saturated heterocycles. The molecule has 0 spiro atoms. The van der Waals surface area contributed by atoms with Gasteiger partial charge < -0.3 is 9.47 Å². The molecule has 0 aromatic heterocycles. The first-order chi connectivity index (χ1) is 7.84. The predicted octanol–water partition coefficient (Wildman–Crippen LogP) is 2.88. The lowest BCUT2D eigenvalue weighted by atomic mass is 9.74. The number of carbonyl (C=O) groups is 1. The molecule has 100 valence electrons. The second kappa shape index (κ2) is 5.85. The van der Waals surface area contributed by atoms with E-state index in [1.165, 1.54) is 6.92 Å². The summed E-state index contributed by atoms with van der Waals surface area (Å²) in [7, 11) is 0. The van der Waals surface area contributed by atoms with Crippen molar-refractivity contribution < 1.29 is 14.3 Å². The normalized spacial score (nSPS) is 38.2. The van der Waals surface area contributed by atoms with Gasteiger partial charge >= 0.3 is 5.97 Å². The molecule has 1 aliphatic rings. The number of hydrogen-bond acceptors (Lipinski definition) is 3. The van der Waals surface area contributed by atoms with E-state index < -0.39 is 0 Å². The Labute approximate surface area is 105 Å². The molecule has 1 aliphatic heterocycles. The van der Waals surface area contributed by atoms with Crippen molar-refractivity contribution in [1.82, 2.24) is 0 Å². The van der Waals surface area contributed by atoms with Crippen LogP contribution in [0, 0.1) is 23.7 Å². The van der Waals surface area contributed by atoms with Crippen molar-refractivity contribution in [1.29, 1.82) is 0 Å². The van der Waals surface area contributed by atoms with E-state index in [9.17, 15) is 4.79 Å². The van der Waals surface area contributed by atoms with Crippen LogP contribution in [-0.4, -0.2) is 24.8 Å². The molecule has 0 bridgehead atoms. The van der Waals surface area contributed by atoms with Crippen molar-refractivity contribution in [2.45, 2.75) is 53.8 Å². The third-order valence-corrected chi connectivity index (χ3v) is 4.20. The zero-order valence-corrected chi connectivity index (χ0v) is 11.9. The van der Waals surface area contributed by atoms with Gasteiger partial charge in [0.05, 0.1) is 12.2 Å². The number of rotatable bonds is 3. The highest BCUT2D eigenvalue weighted by Crippen LogP contribution is 2.37. The molecule has 3 heteroatoms. The fourth-order valence-electron chi connectivity index (χ4n) is 2.72. The quantitative estimate of drug-likeness (QED) is 0.714. The topological polar surface area (TPSA) is 35.5 Å². The van der Waals surface area contributed by atoms with Gasteiger partial charge in [0, 0.05) is 6.92 Å². The lowest BCUT2D eigenvalue weighted by Gasteiger charge is -2.45. The fraction of sp³-hybridized carbons (Fsp3) is 0.929. The van der Waals surface area contributed by atoms with Gasteiger partial charge in [-0.2, -0.15) is 0 Å². The summed E-state index contributed by atoms with van der Waals surface area (Å²) in [4.78, 5) is 10.9. The molecule has 2 unspecified atom stereocenters. The summed E-state index contributed by atoms with van der Waals surface area (Å²) in [5, 5.41) is 0. The monoisotopic (exact) mass is 242 g/mol. The molecule has 0 radical (unpaired) electrons. The Morgan fingerprint density at radius 3 is 2.24 bits per heavy atom. The van der Waals surface area contributed by atoms with Crippen LogP contribution in [0.1, 0.15) is 41.5 Å². The summed E-state index contributed by atoms with van der Waals surface area (Å²) in [5.41, 5.74) is 0. The second-order valence-electron chi connectivity index (χ2n) is 5.76. The Kier molecular flexibility index (Phi) is 4.99. The number of ether oxygens (including phenoxy) is 2. The van der Waals surface area contributed by atoms with E-state index in [1.54, 1.807) is 0 Å². The molecule has 5 atom stereocenters. The molecule has 0 aromatic carbocycles. The smallest absolute Gasteiger partial charge is 0.302 e. The molecule has 0 saturated carbocycles. The van der Waals surface area contributed by atoms with Crippen molar-refractivity contribution in [2.75, 3.05) is 6.61 Å². The summed E-state index contributed by atoms with van der Waals surface area (Å²) < 4.78 is 11.2. The summed E-state index contributed by atoms with van der Waals surface area (Å²) in [6, 6.07) is 0. The number of carbonyl (C=O) groups excluding carboxylic acids is 1. The summed E-state index contributed by atoms with van der Waals surface area (Å²) in [6.45, 7) is 12.9. The Morgan fingerprint density at radius 2 is 1.76 bits per heavy atom. The van der Waals surface area contributed by atoms with Crippen LogP contribution in [0.4, 0.5) is 0 Å². The molecule has 0 aliphatic carbocycles. The van der Waals surface area contributed by atoms with Crippen molar-refractivity contribution in [2.24, 2.45) is 23.7 Å². The first kappa shape index (κ1) is 14.5. The second-order valence-corrected chi connectivity index (χ2v) is 5.76. The predicted molar refractivity (Wildman–Crippen MR) is 67.6 cm³/mol. The number of esters is 1. The van der Waals surface area contributed by atoms with E-state index in [0.29, 0.717) is 30.3 Å². The number of hydrogen-bond donors (Lipinski definition) is 0. The minimum absolute atomic E-state index is 0.0394. The zero-order valence-electron chi connectivity index (χ0n) is 11.9. The van der Waals surface area contributed by atoms with Gasteiger partial charge in [-0.05, 0) is 23.7 Å². The largest absolute Gasteiger partial charge is 0.463 e. The van der Waals surface area contributed by atoms with Crippen LogP contribution < -0.4 is 0 Å². The van der Waals surface area contributed by atoms with E-state index >= 15 is 0 Å². The van der Waals surface area contributed by atoms with Crippen LogP contribution in [0.15, 0.2) is 0 Å². The maximum absolute atomic E-state index is 10.9. The van der Waals surface area contributed by atoms with Crippen LogP contribution >= 0.6 is 0 Å². The molecule has 1 heterocycles. The van der Waals surface area contributed by atoms with Gasteiger partial charge in [0.25, 0.3) is 0 Å². The Balaban J connectivity index is 2.67. The first-order valence-corrected chi connectivity index (χ1v) is 6.63. The van der Waals surface area contributed by atoms with Gasteiger partial charge in [0.2, 0.25) is 0 Å². The highest BCUT2D eigenvalue weighted by Gasteiger charge is 2.40. The van der Waals surface area contributed by atoms with E-state index in [-0.39, 0.29) is 18.2 Å². The standard InChI is InChI=1S/C14H26O3/c1-8(2)14-11(5)9(3)10(4)13(17-14)7-16-12(6)15/h8-11,13-14H,7H2,1-6H3/t9-,10-,11?,13?,14-/m0/s1. The van der Waals surface area contributed by atoms with E-state index in [4.69, 9.17) is 9.47 Å². The molecular weight excluding hydrogens is 216 g/mol. The van der Waals surface area contributed by atoms with Crippen LogP contribution in [-0.2, 0) is 14.3 Å². The van der Waals surface area contributed by atoms with Crippen LogP contribution in [0.5, 0.6) is 0 Å². The highest BCUT2D eigenvalue weighted by molar-refractivity contribution is 5.65. The van der Waals surface area contributed by atoms with Gasteiger partial charge in [-0.3, -0.25) is 4.79 Å². The van der Waals surface area contributed by atoms with Crippen molar-refractivity contribution in [3.05, 3.63) is 0 Å². The average Bonchev–Trinajstić information content (AvgIpc) is 2.24. The van der Waals surface area contributed by atoms with Gasteiger partial charge in [-0.1, -0.05) is 34.6 Å². The molecule has 0 aromatic rings. The summed E-state index contributed by atoms with van der Waals surface area (Å²) >= 11 is 0. The summed E-state index contributed by atoms with van der Waals surface area (Å²) in [6.07, 6.45) is 0.305. The molecular formula is C14H26O3. The Morgan fingerprint density at radius 1 is 1.18 bits per heavy atom. The third kappa shape index (κ3) is 3.44. The Hall–Kier alpha value is -0.570. The maximum Gasteiger partial charge on any atom is 0.302 e. The average molecular weight is 242 g/mol. The zero-order chi connectivity index (χ0) is 13.2. The van der Waals surface area contributed by atoms with Crippen LogP contribution in [0.3, 0.4) is 0 Å². The Bertz CT molecular complexity index is 262. The van der Waals surface area contributed by atoms with Gasteiger partial charge in [0.1, 0.15) is 6.61 Å². The van der Waals surface area contributed by atoms with Gasteiger partial charge in [-0.25, -0.2) is 0 Å². The molecule has 17 heavy (non-hydrogen) atoms. The van der Waals surface area contributed by atoms with Crippen LogP contribution in [0.2, 0.25) is 0 Å². The van der Waals surface area contributed by atoms with E-state index in [1.807, 2.05) is 0 Å². The van der Waals surface area contributed by atoms with E-state index in [0.717, 1.165) is 0 Å². The van der Waals surface area contributed by atoms with E-state index in [2.05, 4.69) is 34.6 Å². The minimum Gasteiger partial charge on any atom is -0.463 e. The maximum atomic E-state index is 10.9. The van der Waals surface area contributed by atoms with Gasteiger partial charge in [0.15, 0.2) is 0 Å². The lowest BCUT2D eigenvalue weighted by Crippen LogP contribution is -2.48. The minimum atomic E-state index is -0.229. The molecule has 1 rings (SSSR count). The van der Waals surface area contributed by atoms with Crippen LogP contribution in [0.25, 0.3) is 0 Å². The SMILES string of the molecule is CC(=O)OCC1O[C@@H](C(C)C)C(C)[C@@H](C)[C@@H]1C. The van der Waals surface area contributed by atoms with Gasteiger partial charge in [-0.15, -0.1) is 0 Å². The molecule has 0 amide bonds. The van der Waals surface area contributed by atoms with Crippen molar-refractivity contribution in [3.63, 3.8) is 0 Å². The third-order valence-electron chi connectivity index (χ3n) is 4.20. The summed E-state index contributed by atoms with van der Waals surface area (Å²) in [5.74, 6) is 1.85.